The molecule has 2 aromatic heterocycles. The van der Waals surface area contributed by atoms with Crippen molar-refractivity contribution in [3.8, 4) is 0 Å². The summed E-state index contributed by atoms with van der Waals surface area (Å²) in [6, 6.07) is 6.87. The van der Waals surface area contributed by atoms with E-state index in [0.29, 0.717) is 34.0 Å². The van der Waals surface area contributed by atoms with Gasteiger partial charge in [0.25, 0.3) is 5.56 Å². The van der Waals surface area contributed by atoms with Crippen LogP contribution in [0.3, 0.4) is 0 Å². The number of anilines is 1. The predicted octanol–water partition coefficient (Wildman–Crippen LogP) is 2.84. The van der Waals surface area contributed by atoms with Crippen LogP contribution in [0.1, 0.15) is 24.8 Å². The molecular formula is C22H23ClN4O4S. The largest absolute Gasteiger partial charge is 0.341 e. The number of carbonyl (C=O) groups is 2. The van der Waals surface area contributed by atoms with E-state index in [-0.39, 0.29) is 19.0 Å². The van der Waals surface area contributed by atoms with Crippen LogP contribution in [0.15, 0.2) is 39.2 Å². The predicted molar refractivity (Wildman–Crippen MR) is 126 cm³/mol. The van der Waals surface area contributed by atoms with Gasteiger partial charge in [-0.05, 0) is 55.3 Å². The van der Waals surface area contributed by atoms with Crippen molar-refractivity contribution in [2.75, 3.05) is 18.4 Å². The van der Waals surface area contributed by atoms with Crippen molar-refractivity contribution in [3.05, 3.63) is 61.1 Å². The first-order valence-corrected chi connectivity index (χ1v) is 11.7. The molecule has 1 aliphatic rings. The number of carbonyl (C=O) groups excluding carboxylic acids is 2. The number of amides is 2. The van der Waals surface area contributed by atoms with Crippen molar-refractivity contribution >= 4 is 50.7 Å². The molecule has 3 heterocycles. The van der Waals surface area contributed by atoms with E-state index >= 15 is 0 Å². The third kappa shape index (κ3) is 4.49. The average molecular weight is 475 g/mol. The van der Waals surface area contributed by atoms with Crippen molar-refractivity contribution in [1.82, 2.24) is 14.0 Å². The Labute approximate surface area is 193 Å². The molecule has 0 unspecified atom stereocenters. The Bertz CT molecular complexity index is 1300. The molecule has 1 fully saturated rings. The molecular weight excluding hydrogens is 452 g/mol. The first-order chi connectivity index (χ1) is 15.3. The second-order valence-corrected chi connectivity index (χ2v) is 9.19. The van der Waals surface area contributed by atoms with E-state index in [9.17, 15) is 19.2 Å². The Morgan fingerprint density at radius 2 is 1.81 bits per heavy atom. The number of likely N-dealkylation sites (tertiary alicyclic amines) is 1. The van der Waals surface area contributed by atoms with E-state index in [0.717, 1.165) is 29.4 Å². The molecule has 32 heavy (non-hydrogen) atoms. The molecule has 1 N–H and O–H groups in total. The van der Waals surface area contributed by atoms with Gasteiger partial charge in [-0.25, -0.2) is 9.36 Å². The number of rotatable bonds is 5. The number of fused-ring (bicyclic) bond motifs is 1. The SMILES string of the molecule is Cc1ccc(NC(=O)Cn2c(=O)n(CC(=O)N3CCCCC3)c(=O)c3sccc32)c(Cl)c1. The number of hydrogen-bond acceptors (Lipinski definition) is 5. The molecule has 8 nitrogen and oxygen atoms in total. The summed E-state index contributed by atoms with van der Waals surface area (Å²) in [5.74, 6) is -0.722. The van der Waals surface area contributed by atoms with Crippen LogP contribution < -0.4 is 16.6 Å². The van der Waals surface area contributed by atoms with Gasteiger partial charge < -0.3 is 10.2 Å². The third-order valence-corrected chi connectivity index (χ3v) is 6.74. The van der Waals surface area contributed by atoms with Gasteiger partial charge in [-0.1, -0.05) is 17.7 Å². The Kier molecular flexibility index (Phi) is 6.48. The van der Waals surface area contributed by atoms with Gasteiger partial charge in [0.15, 0.2) is 0 Å². The van der Waals surface area contributed by atoms with E-state index in [2.05, 4.69) is 5.32 Å². The molecule has 0 bridgehead atoms. The first-order valence-electron chi connectivity index (χ1n) is 10.4. The quantitative estimate of drug-likeness (QED) is 0.615. The molecule has 168 valence electrons. The highest BCUT2D eigenvalue weighted by Gasteiger charge is 2.22. The van der Waals surface area contributed by atoms with Gasteiger partial charge in [0.2, 0.25) is 11.8 Å². The molecule has 1 saturated heterocycles. The average Bonchev–Trinajstić information content (AvgIpc) is 3.27. The zero-order valence-electron chi connectivity index (χ0n) is 17.6. The highest BCUT2D eigenvalue weighted by atomic mass is 35.5. The van der Waals surface area contributed by atoms with Crippen LogP contribution in [0.2, 0.25) is 5.02 Å². The van der Waals surface area contributed by atoms with Crippen LogP contribution in [0.5, 0.6) is 0 Å². The van der Waals surface area contributed by atoms with Crippen LogP contribution in [0.25, 0.3) is 10.2 Å². The van der Waals surface area contributed by atoms with Gasteiger partial charge in [0, 0.05) is 13.1 Å². The molecule has 0 radical (unpaired) electrons. The summed E-state index contributed by atoms with van der Waals surface area (Å²) < 4.78 is 2.49. The Balaban J connectivity index is 1.64. The fraction of sp³-hybridized carbons (Fsp3) is 0.364. The monoisotopic (exact) mass is 474 g/mol. The van der Waals surface area contributed by atoms with Crippen molar-refractivity contribution in [2.24, 2.45) is 0 Å². The molecule has 2 amide bonds. The summed E-state index contributed by atoms with van der Waals surface area (Å²) >= 11 is 7.37. The summed E-state index contributed by atoms with van der Waals surface area (Å²) in [4.78, 5) is 53.2. The smallest absolute Gasteiger partial charge is 0.332 e. The molecule has 1 aromatic carbocycles. The Hall–Kier alpha value is -2.91. The number of benzene rings is 1. The standard InChI is InChI=1S/C22H23ClN4O4S/c1-14-5-6-16(15(23)11-14)24-18(28)12-26-17-7-10-32-20(17)21(30)27(22(26)31)13-19(29)25-8-3-2-4-9-25/h5-7,10-11H,2-4,8-9,12-13H2,1H3,(H,24,28). The van der Waals surface area contributed by atoms with Crippen molar-refractivity contribution in [1.29, 1.82) is 0 Å². The van der Waals surface area contributed by atoms with Crippen LogP contribution in [0, 0.1) is 6.92 Å². The molecule has 10 heteroatoms. The Morgan fingerprint density at radius 3 is 2.53 bits per heavy atom. The number of thiophene rings is 1. The minimum absolute atomic E-state index is 0.262. The highest BCUT2D eigenvalue weighted by molar-refractivity contribution is 7.17. The molecule has 1 aliphatic heterocycles. The maximum atomic E-state index is 13.2. The maximum Gasteiger partial charge on any atom is 0.332 e. The normalized spacial score (nSPS) is 14.0. The number of hydrogen-bond donors (Lipinski definition) is 1. The van der Waals surface area contributed by atoms with Crippen molar-refractivity contribution in [3.63, 3.8) is 0 Å². The van der Waals surface area contributed by atoms with Gasteiger partial charge in [0.05, 0.1) is 16.2 Å². The van der Waals surface area contributed by atoms with Crippen LogP contribution in [-0.2, 0) is 22.7 Å². The summed E-state index contributed by atoms with van der Waals surface area (Å²) in [7, 11) is 0. The van der Waals surface area contributed by atoms with E-state index in [4.69, 9.17) is 11.6 Å². The number of nitrogens with zero attached hydrogens (tertiary/aromatic N) is 3. The lowest BCUT2D eigenvalue weighted by atomic mass is 10.1. The lowest BCUT2D eigenvalue weighted by molar-refractivity contribution is -0.132. The fourth-order valence-electron chi connectivity index (χ4n) is 3.86. The summed E-state index contributed by atoms with van der Waals surface area (Å²) in [6.45, 7) is 2.50. The van der Waals surface area contributed by atoms with E-state index in [1.807, 2.05) is 13.0 Å². The summed E-state index contributed by atoms with van der Waals surface area (Å²) in [6.07, 6.45) is 2.89. The molecule has 4 rings (SSSR count). The number of piperidine rings is 1. The molecule has 3 aromatic rings. The zero-order chi connectivity index (χ0) is 22.8. The van der Waals surface area contributed by atoms with Crippen molar-refractivity contribution in [2.45, 2.75) is 39.3 Å². The molecule has 0 atom stereocenters. The third-order valence-electron chi connectivity index (χ3n) is 5.54. The second-order valence-electron chi connectivity index (χ2n) is 7.87. The number of halogens is 1. The van der Waals surface area contributed by atoms with Crippen LogP contribution >= 0.6 is 22.9 Å². The number of nitrogens with one attached hydrogen (secondary N) is 1. The second kappa shape index (κ2) is 9.30. The molecule has 0 saturated carbocycles. The van der Waals surface area contributed by atoms with Gasteiger partial charge in [-0.15, -0.1) is 11.3 Å². The lowest BCUT2D eigenvalue weighted by Crippen LogP contribution is -2.46. The topological polar surface area (TPSA) is 93.4 Å². The van der Waals surface area contributed by atoms with Crippen LogP contribution in [-0.4, -0.2) is 38.9 Å². The van der Waals surface area contributed by atoms with Gasteiger partial charge in [-0.3, -0.25) is 19.0 Å². The Morgan fingerprint density at radius 1 is 1.06 bits per heavy atom. The minimum atomic E-state index is -0.684. The lowest BCUT2D eigenvalue weighted by Gasteiger charge is -2.26. The number of aromatic nitrogens is 2. The van der Waals surface area contributed by atoms with Crippen LogP contribution in [0.4, 0.5) is 5.69 Å². The zero-order valence-corrected chi connectivity index (χ0v) is 19.2. The highest BCUT2D eigenvalue weighted by Crippen LogP contribution is 2.23. The molecule has 0 aliphatic carbocycles. The molecule has 0 spiro atoms. The summed E-state index contributed by atoms with van der Waals surface area (Å²) in [5.41, 5.74) is 0.567. The van der Waals surface area contributed by atoms with E-state index < -0.39 is 17.2 Å². The van der Waals surface area contributed by atoms with Gasteiger partial charge >= 0.3 is 5.69 Å². The summed E-state index contributed by atoms with van der Waals surface area (Å²) in [5, 5.41) is 4.79. The number of aryl methyl sites for hydroxylation is 1. The van der Waals surface area contributed by atoms with E-state index in [1.54, 1.807) is 28.5 Å². The maximum absolute atomic E-state index is 13.2. The van der Waals surface area contributed by atoms with Crippen molar-refractivity contribution < 1.29 is 9.59 Å². The first kappa shape index (κ1) is 22.3. The fourth-order valence-corrected chi connectivity index (χ4v) is 4.98. The van der Waals surface area contributed by atoms with Gasteiger partial charge in [-0.2, -0.15) is 0 Å². The van der Waals surface area contributed by atoms with E-state index in [1.165, 1.54) is 15.9 Å². The minimum Gasteiger partial charge on any atom is -0.341 e. The van der Waals surface area contributed by atoms with Gasteiger partial charge in [0.1, 0.15) is 17.8 Å².